The molecule has 0 aliphatic heterocycles. The van der Waals surface area contributed by atoms with Crippen LogP contribution in [0.2, 0.25) is 0 Å². The maximum atomic E-state index is 11.7. The maximum Gasteiger partial charge on any atom is 0.224 e. The van der Waals surface area contributed by atoms with Crippen molar-refractivity contribution in [3.63, 3.8) is 0 Å². The van der Waals surface area contributed by atoms with Crippen molar-refractivity contribution in [2.24, 2.45) is 5.73 Å². The van der Waals surface area contributed by atoms with E-state index in [1.165, 1.54) is 0 Å². The third-order valence-electron chi connectivity index (χ3n) is 3.04. The average molecular weight is 234 g/mol. The summed E-state index contributed by atoms with van der Waals surface area (Å²) in [5, 5.41) is 2.97. The van der Waals surface area contributed by atoms with Crippen LogP contribution in [0.15, 0.2) is 24.3 Å². The summed E-state index contributed by atoms with van der Waals surface area (Å²) in [6.45, 7) is 0. The molecule has 0 atom stereocenters. The number of hydrogen-bond donors (Lipinski definition) is 2. The van der Waals surface area contributed by atoms with E-state index >= 15 is 0 Å². The maximum absolute atomic E-state index is 11.7. The van der Waals surface area contributed by atoms with Gasteiger partial charge < -0.3 is 15.8 Å². The van der Waals surface area contributed by atoms with Gasteiger partial charge in [0.15, 0.2) is 0 Å². The fraction of sp³-hybridized carbons (Fsp3) is 0.462. The number of amides is 1. The molecule has 0 radical (unpaired) electrons. The Kier molecular flexibility index (Phi) is 3.64. The second-order valence-corrected chi connectivity index (χ2v) is 4.52. The number of hydrogen-bond acceptors (Lipinski definition) is 3. The van der Waals surface area contributed by atoms with E-state index in [0.717, 1.165) is 24.2 Å². The van der Waals surface area contributed by atoms with Gasteiger partial charge in [-0.3, -0.25) is 4.79 Å². The van der Waals surface area contributed by atoms with E-state index in [9.17, 15) is 4.79 Å². The molecule has 17 heavy (non-hydrogen) atoms. The van der Waals surface area contributed by atoms with Crippen LogP contribution in [-0.4, -0.2) is 25.1 Å². The van der Waals surface area contributed by atoms with E-state index in [-0.39, 0.29) is 18.0 Å². The van der Waals surface area contributed by atoms with Crippen LogP contribution in [0.4, 0.5) is 0 Å². The second kappa shape index (κ2) is 5.19. The number of benzene rings is 1. The zero-order valence-corrected chi connectivity index (χ0v) is 9.98. The lowest BCUT2D eigenvalue weighted by atomic mass is 9.87. The molecule has 0 spiro atoms. The Morgan fingerprint density at radius 1 is 1.53 bits per heavy atom. The molecule has 0 aromatic heterocycles. The molecule has 1 aromatic carbocycles. The van der Waals surface area contributed by atoms with Crippen molar-refractivity contribution < 1.29 is 9.53 Å². The molecule has 1 saturated carbocycles. The van der Waals surface area contributed by atoms with Crippen molar-refractivity contribution in [1.82, 2.24) is 5.32 Å². The summed E-state index contributed by atoms with van der Waals surface area (Å²) in [7, 11) is 1.62. The summed E-state index contributed by atoms with van der Waals surface area (Å²) in [5.41, 5.74) is 6.63. The Balaban J connectivity index is 1.85. The lowest BCUT2D eigenvalue weighted by molar-refractivity contribution is -0.121. The van der Waals surface area contributed by atoms with E-state index in [0.29, 0.717) is 6.42 Å². The molecule has 0 bridgehead atoms. The summed E-state index contributed by atoms with van der Waals surface area (Å²) in [5.74, 6) is 0.830. The van der Waals surface area contributed by atoms with Gasteiger partial charge in [0.2, 0.25) is 5.91 Å². The van der Waals surface area contributed by atoms with Gasteiger partial charge in [-0.2, -0.15) is 0 Å². The van der Waals surface area contributed by atoms with E-state index in [1.54, 1.807) is 7.11 Å². The summed E-state index contributed by atoms with van der Waals surface area (Å²) in [4.78, 5) is 11.7. The predicted octanol–water partition coefficient (Wildman–Crippen LogP) is 0.844. The van der Waals surface area contributed by atoms with E-state index < -0.39 is 0 Å². The van der Waals surface area contributed by atoms with Gasteiger partial charge in [-0.15, -0.1) is 0 Å². The zero-order valence-electron chi connectivity index (χ0n) is 9.98. The highest BCUT2D eigenvalue weighted by Gasteiger charge is 2.26. The molecule has 92 valence electrons. The van der Waals surface area contributed by atoms with Gasteiger partial charge in [-0.1, -0.05) is 12.1 Å². The van der Waals surface area contributed by atoms with Gasteiger partial charge in [-0.05, 0) is 30.5 Å². The molecule has 2 rings (SSSR count). The Morgan fingerprint density at radius 2 is 2.29 bits per heavy atom. The standard InChI is InChI=1S/C13H18N2O2/c1-17-12-4-2-3-9(5-12)6-13(16)15-11-7-10(14)8-11/h2-5,10-11H,6-8,14H2,1H3,(H,15,16). The van der Waals surface area contributed by atoms with Crippen molar-refractivity contribution in [3.8, 4) is 5.75 Å². The number of nitrogens with one attached hydrogen (secondary N) is 1. The van der Waals surface area contributed by atoms with Crippen molar-refractivity contribution in [2.45, 2.75) is 31.3 Å². The lowest BCUT2D eigenvalue weighted by Crippen LogP contribution is -2.50. The third-order valence-corrected chi connectivity index (χ3v) is 3.04. The van der Waals surface area contributed by atoms with Crippen molar-refractivity contribution in [2.75, 3.05) is 7.11 Å². The fourth-order valence-electron chi connectivity index (χ4n) is 2.03. The first-order chi connectivity index (χ1) is 8.17. The van der Waals surface area contributed by atoms with Crippen LogP contribution in [0.3, 0.4) is 0 Å². The smallest absolute Gasteiger partial charge is 0.224 e. The summed E-state index contributed by atoms with van der Waals surface area (Å²) >= 11 is 0. The number of nitrogens with two attached hydrogens (primary N) is 1. The largest absolute Gasteiger partial charge is 0.497 e. The van der Waals surface area contributed by atoms with Crippen molar-refractivity contribution in [1.29, 1.82) is 0 Å². The second-order valence-electron chi connectivity index (χ2n) is 4.52. The van der Waals surface area contributed by atoms with Gasteiger partial charge in [0.05, 0.1) is 13.5 Å². The molecule has 0 unspecified atom stereocenters. The SMILES string of the molecule is COc1cccc(CC(=O)NC2CC(N)C2)c1. The fourth-order valence-corrected chi connectivity index (χ4v) is 2.03. The van der Waals surface area contributed by atoms with Gasteiger partial charge >= 0.3 is 0 Å². The van der Waals surface area contributed by atoms with Crippen LogP contribution in [0.1, 0.15) is 18.4 Å². The first-order valence-corrected chi connectivity index (χ1v) is 5.85. The van der Waals surface area contributed by atoms with Gasteiger partial charge in [-0.25, -0.2) is 0 Å². The normalized spacial score (nSPS) is 22.7. The van der Waals surface area contributed by atoms with Crippen LogP contribution >= 0.6 is 0 Å². The van der Waals surface area contributed by atoms with Crippen molar-refractivity contribution >= 4 is 5.91 Å². The number of methoxy groups -OCH3 is 1. The van der Waals surface area contributed by atoms with Crippen molar-refractivity contribution in [3.05, 3.63) is 29.8 Å². The average Bonchev–Trinajstić information content (AvgIpc) is 2.27. The number of rotatable bonds is 4. The highest BCUT2D eigenvalue weighted by Crippen LogP contribution is 2.18. The third kappa shape index (κ3) is 3.20. The Labute approximate surface area is 101 Å². The molecule has 0 heterocycles. The topological polar surface area (TPSA) is 64.3 Å². The van der Waals surface area contributed by atoms with E-state index in [4.69, 9.17) is 10.5 Å². The molecule has 1 aliphatic rings. The summed E-state index contributed by atoms with van der Waals surface area (Å²) in [6, 6.07) is 8.09. The van der Waals surface area contributed by atoms with Crippen LogP contribution in [-0.2, 0) is 11.2 Å². The van der Waals surface area contributed by atoms with E-state index in [2.05, 4.69) is 5.32 Å². The van der Waals surface area contributed by atoms with Gasteiger partial charge in [0.25, 0.3) is 0 Å². The molecule has 1 fully saturated rings. The molecule has 4 nitrogen and oxygen atoms in total. The number of carbonyl (C=O) groups is 1. The molecule has 1 aromatic rings. The molecule has 3 N–H and O–H groups in total. The first-order valence-electron chi connectivity index (χ1n) is 5.85. The molecular weight excluding hydrogens is 216 g/mol. The van der Waals surface area contributed by atoms with Crippen LogP contribution in [0, 0.1) is 0 Å². The monoisotopic (exact) mass is 234 g/mol. The minimum atomic E-state index is 0.0511. The Morgan fingerprint density at radius 3 is 2.94 bits per heavy atom. The number of ether oxygens (including phenoxy) is 1. The predicted molar refractivity (Wildman–Crippen MR) is 65.8 cm³/mol. The first kappa shape index (κ1) is 11.9. The van der Waals surface area contributed by atoms with Crippen LogP contribution in [0.5, 0.6) is 5.75 Å². The Bertz CT molecular complexity index is 400. The quantitative estimate of drug-likeness (QED) is 0.811. The minimum Gasteiger partial charge on any atom is -0.497 e. The summed E-state index contributed by atoms with van der Waals surface area (Å²) < 4.78 is 5.12. The Hall–Kier alpha value is -1.55. The van der Waals surface area contributed by atoms with E-state index in [1.807, 2.05) is 24.3 Å². The molecule has 0 saturated heterocycles. The molecule has 1 aliphatic carbocycles. The highest BCUT2D eigenvalue weighted by atomic mass is 16.5. The minimum absolute atomic E-state index is 0.0511. The number of carbonyl (C=O) groups excluding carboxylic acids is 1. The van der Waals surface area contributed by atoms with Crippen LogP contribution < -0.4 is 15.8 Å². The van der Waals surface area contributed by atoms with Gasteiger partial charge in [0, 0.05) is 12.1 Å². The van der Waals surface area contributed by atoms with Crippen LogP contribution in [0.25, 0.3) is 0 Å². The zero-order chi connectivity index (χ0) is 12.3. The molecule has 1 amide bonds. The summed E-state index contributed by atoms with van der Waals surface area (Å²) in [6.07, 6.45) is 2.18. The lowest BCUT2D eigenvalue weighted by Gasteiger charge is -2.32. The van der Waals surface area contributed by atoms with Gasteiger partial charge in [0.1, 0.15) is 5.75 Å². The molecule has 4 heteroatoms. The molecular formula is C13H18N2O2. The highest BCUT2D eigenvalue weighted by molar-refractivity contribution is 5.79.